The molecule has 5 heteroatoms. The molecule has 0 aliphatic carbocycles. The van der Waals surface area contributed by atoms with Gasteiger partial charge in [0.25, 0.3) is 5.91 Å². The van der Waals surface area contributed by atoms with Crippen molar-refractivity contribution in [1.29, 1.82) is 0 Å². The Morgan fingerprint density at radius 3 is 2.33 bits per heavy atom. The molecule has 0 radical (unpaired) electrons. The molecule has 1 N–H and O–H groups in total. The molecule has 126 valence electrons. The van der Waals surface area contributed by atoms with Crippen molar-refractivity contribution in [2.75, 3.05) is 13.1 Å². The molecule has 2 aromatic rings. The van der Waals surface area contributed by atoms with Crippen molar-refractivity contribution in [3.05, 3.63) is 48.3 Å². The molecule has 2 heterocycles. The molecule has 5 nitrogen and oxygen atoms in total. The number of rotatable bonds is 4. The Kier molecular flexibility index (Phi) is 5.20. The first-order valence-corrected chi connectivity index (χ1v) is 8.56. The second-order valence-electron chi connectivity index (χ2n) is 6.54. The number of piperidine rings is 1. The van der Waals surface area contributed by atoms with Crippen LogP contribution in [0, 0.1) is 0 Å². The topological polar surface area (TPSA) is 58.1 Å². The van der Waals surface area contributed by atoms with Gasteiger partial charge in [0.1, 0.15) is 0 Å². The Balaban J connectivity index is 1.58. The molecule has 1 aromatic heterocycles. The largest absolute Gasteiger partial charge is 0.349 e. The van der Waals surface area contributed by atoms with Crippen molar-refractivity contribution >= 4 is 5.91 Å². The molecule has 24 heavy (non-hydrogen) atoms. The van der Waals surface area contributed by atoms with Crippen LogP contribution in [0.5, 0.6) is 0 Å². The predicted molar refractivity (Wildman–Crippen MR) is 94.7 cm³/mol. The molecule has 0 atom stereocenters. The second-order valence-corrected chi connectivity index (χ2v) is 6.54. The van der Waals surface area contributed by atoms with E-state index in [2.05, 4.69) is 34.0 Å². The van der Waals surface area contributed by atoms with Gasteiger partial charge < -0.3 is 10.2 Å². The third kappa shape index (κ3) is 3.97. The normalized spacial score (nSPS) is 16.3. The monoisotopic (exact) mass is 324 g/mol. The van der Waals surface area contributed by atoms with Gasteiger partial charge in [0, 0.05) is 43.1 Å². The number of aromatic nitrogens is 2. The van der Waals surface area contributed by atoms with Gasteiger partial charge in [0.05, 0.1) is 5.56 Å². The summed E-state index contributed by atoms with van der Waals surface area (Å²) in [5, 5.41) is 3.11. The molecule has 0 bridgehead atoms. The van der Waals surface area contributed by atoms with Gasteiger partial charge in [-0.3, -0.25) is 4.79 Å². The quantitative estimate of drug-likeness (QED) is 0.939. The molecule has 0 spiro atoms. The lowest BCUT2D eigenvalue weighted by Crippen LogP contribution is -2.46. The first-order valence-electron chi connectivity index (χ1n) is 8.56. The Bertz CT molecular complexity index is 662. The van der Waals surface area contributed by atoms with Gasteiger partial charge in [-0.2, -0.15) is 0 Å². The van der Waals surface area contributed by atoms with E-state index < -0.39 is 0 Å². The van der Waals surface area contributed by atoms with Crippen LogP contribution in [0.25, 0.3) is 11.4 Å². The van der Waals surface area contributed by atoms with E-state index in [9.17, 15) is 4.79 Å². The maximum Gasteiger partial charge on any atom is 0.254 e. The molecule has 1 aliphatic rings. The van der Waals surface area contributed by atoms with Crippen LogP contribution >= 0.6 is 0 Å². The third-order valence-electron chi connectivity index (χ3n) is 4.54. The first kappa shape index (κ1) is 16.6. The van der Waals surface area contributed by atoms with Crippen molar-refractivity contribution in [1.82, 2.24) is 20.2 Å². The highest BCUT2D eigenvalue weighted by Crippen LogP contribution is 2.15. The minimum absolute atomic E-state index is 0.0855. The van der Waals surface area contributed by atoms with E-state index in [1.807, 2.05) is 30.3 Å². The summed E-state index contributed by atoms with van der Waals surface area (Å²) in [5.41, 5.74) is 1.46. The number of carbonyl (C=O) groups is 1. The van der Waals surface area contributed by atoms with E-state index in [-0.39, 0.29) is 11.9 Å². The van der Waals surface area contributed by atoms with Crippen molar-refractivity contribution in [2.24, 2.45) is 0 Å². The number of nitrogens with one attached hydrogen (secondary N) is 1. The summed E-state index contributed by atoms with van der Waals surface area (Å²) in [7, 11) is 0. The average molecular weight is 324 g/mol. The minimum atomic E-state index is -0.0855. The molecule has 3 rings (SSSR count). The summed E-state index contributed by atoms with van der Waals surface area (Å²) in [6.07, 6.45) is 5.20. The summed E-state index contributed by atoms with van der Waals surface area (Å²) < 4.78 is 0. The number of hydrogen-bond acceptors (Lipinski definition) is 4. The number of carbonyl (C=O) groups excluding carboxylic acids is 1. The second kappa shape index (κ2) is 7.53. The maximum absolute atomic E-state index is 12.4. The average Bonchev–Trinajstić information content (AvgIpc) is 2.63. The summed E-state index contributed by atoms with van der Waals surface area (Å²) in [5.74, 6) is 0.551. The molecular formula is C19H24N4O. The van der Waals surface area contributed by atoms with E-state index in [4.69, 9.17) is 0 Å². The zero-order chi connectivity index (χ0) is 16.9. The first-order chi connectivity index (χ1) is 11.6. The van der Waals surface area contributed by atoms with Crippen molar-refractivity contribution in [3.63, 3.8) is 0 Å². The van der Waals surface area contributed by atoms with Crippen molar-refractivity contribution in [3.8, 4) is 11.4 Å². The number of amides is 1. The molecule has 1 fully saturated rings. The lowest BCUT2D eigenvalue weighted by Gasteiger charge is -2.34. The van der Waals surface area contributed by atoms with Crippen LogP contribution in [0.3, 0.4) is 0 Å². The number of nitrogens with zero attached hydrogens (tertiary/aromatic N) is 3. The van der Waals surface area contributed by atoms with Crippen molar-refractivity contribution in [2.45, 2.75) is 38.8 Å². The van der Waals surface area contributed by atoms with Gasteiger partial charge in [-0.05, 0) is 26.7 Å². The molecule has 0 unspecified atom stereocenters. The highest BCUT2D eigenvalue weighted by Gasteiger charge is 2.22. The highest BCUT2D eigenvalue weighted by molar-refractivity contribution is 5.93. The minimum Gasteiger partial charge on any atom is -0.349 e. The fourth-order valence-corrected chi connectivity index (χ4v) is 3.01. The van der Waals surface area contributed by atoms with Crippen LogP contribution in [0.4, 0.5) is 0 Å². The third-order valence-corrected chi connectivity index (χ3v) is 4.54. The molecular weight excluding hydrogens is 300 g/mol. The van der Waals surface area contributed by atoms with Crippen LogP contribution < -0.4 is 5.32 Å². The maximum atomic E-state index is 12.4. The Morgan fingerprint density at radius 2 is 1.75 bits per heavy atom. The molecule has 1 aromatic carbocycles. The molecule has 1 amide bonds. The lowest BCUT2D eigenvalue weighted by atomic mass is 10.0. The van der Waals surface area contributed by atoms with Crippen molar-refractivity contribution < 1.29 is 4.79 Å². The van der Waals surface area contributed by atoms with Crippen LogP contribution in [0.2, 0.25) is 0 Å². The van der Waals surface area contributed by atoms with Gasteiger partial charge >= 0.3 is 0 Å². The zero-order valence-corrected chi connectivity index (χ0v) is 14.3. The van der Waals surface area contributed by atoms with Crippen LogP contribution in [0.1, 0.15) is 37.0 Å². The van der Waals surface area contributed by atoms with Gasteiger partial charge in [-0.1, -0.05) is 30.3 Å². The fourth-order valence-electron chi connectivity index (χ4n) is 3.01. The van der Waals surface area contributed by atoms with Crippen LogP contribution in [-0.2, 0) is 0 Å². The van der Waals surface area contributed by atoms with Crippen LogP contribution in [-0.4, -0.2) is 45.9 Å². The van der Waals surface area contributed by atoms with Gasteiger partial charge in [-0.15, -0.1) is 0 Å². The smallest absolute Gasteiger partial charge is 0.254 e. The zero-order valence-electron chi connectivity index (χ0n) is 14.3. The highest BCUT2D eigenvalue weighted by atomic mass is 16.1. The molecule has 0 saturated carbocycles. The van der Waals surface area contributed by atoms with Gasteiger partial charge in [-0.25, -0.2) is 9.97 Å². The van der Waals surface area contributed by atoms with Crippen LogP contribution in [0.15, 0.2) is 42.7 Å². The predicted octanol–water partition coefficient (Wildman–Crippen LogP) is 2.75. The van der Waals surface area contributed by atoms with E-state index in [1.165, 1.54) is 0 Å². The Labute approximate surface area is 143 Å². The Hall–Kier alpha value is -2.27. The summed E-state index contributed by atoms with van der Waals surface area (Å²) in [6.45, 7) is 6.49. The number of likely N-dealkylation sites (tertiary alicyclic amines) is 1. The molecule has 1 aliphatic heterocycles. The lowest BCUT2D eigenvalue weighted by molar-refractivity contribution is 0.0900. The number of hydrogen-bond donors (Lipinski definition) is 1. The summed E-state index contributed by atoms with van der Waals surface area (Å²) >= 11 is 0. The van der Waals surface area contributed by atoms with E-state index in [0.29, 0.717) is 17.4 Å². The van der Waals surface area contributed by atoms with E-state index >= 15 is 0 Å². The van der Waals surface area contributed by atoms with Gasteiger partial charge in [0.15, 0.2) is 5.82 Å². The standard InChI is InChI=1S/C19H24N4O/c1-14(2)23-10-8-17(9-11-23)22-19(24)16-12-20-18(21-13-16)15-6-4-3-5-7-15/h3-7,12-14,17H,8-11H2,1-2H3,(H,22,24). The molecule has 1 saturated heterocycles. The number of benzene rings is 1. The van der Waals surface area contributed by atoms with Gasteiger partial charge in [0.2, 0.25) is 0 Å². The summed E-state index contributed by atoms with van der Waals surface area (Å²) in [4.78, 5) is 23.5. The fraction of sp³-hybridized carbons (Fsp3) is 0.421. The van der Waals surface area contributed by atoms with E-state index in [1.54, 1.807) is 12.4 Å². The van der Waals surface area contributed by atoms with E-state index in [0.717, 1.165) is 31.5 Å². The SMILES string of the molecule is CC(C)N1CCC(NC(=O)c2cnc(-c3ccccc3)nc2)CC1. The summed E-state index contributed by atoms with van der Waals surface area (Å²) in [6, 6.07) is 10.6. The Morgan fingerprint density at radius 1 is 1.12 bits per heavy atom.